The normalized spacial score (nSPS) is 32.1. The molecule has 0 aromatic rings. The molecule has 1 saturated heterocycles. The van der Waals surface area contributed by atoms with Crippen molar-refractivity contribution in [2.24, 2.45) is 11.7 Å². The highest BCUT2D eigenvalue weighted by atomic mass is 16.5. The van der Waals surface area contributed by atoms with Gasteiger partial charge in [-0.1, -0.05) is 12.8 Å². The zero-order chi connectivity index (χ0) is 12.1. The number of ether oxygens (including phenoxy) is 1. The van der Waals surface area contributed by atoms with Crippen molar-refractivity contribution in [3.63, 3.8) is 0 Å². The summed E-state index contributed by atoms with van der Waals surface area (Å²) in [5.41, 5.74) is 5.79. The Morgan fingerprint density at radius 2 is 2.00 bits per heavy atom. The summed E-state index contributed by atoms with van der Waals surface area (Å²) in [5.74, 6) is 0.956. The fraction of sp³-hybridized carbons (Fsp3) is 1.00. The van der Waals surface area contributed by atoms with Crippen LogP contribution in [-0.4, -0.2) is 43.3 Å². The maximum atomic E-state index is 5.79. The monoisotopic (exact) mass is 240 g/mol. The predicted octanol–water partition coefficient (Wildman–Crippen LogP) is 2.00. The Kier molecular flexibility index (Phi) is 5.26. The molecule has 100 valence electrons. The Bertz CT molecular complexity index is 220. The average Bonchev–Trinajstić information content (AvgIpc) is 2.38. The third-order valence-corrected chi connectivity index (χ3v) is 4.46. The van der Waals surface area contributed by atoms with Gasteiger partial charge in [0.15, 0.2) is 0 Å². The summed E-state index contributed by atoms with van der Waals surface area (Å²) in [4.78, 5) is 2.67. The van der Waals surface area contributed by atoms with E-state index in [0.717, 1.165) is 25.1 Å². The van der Waals surface area contributed by atoms with Crippen LogP contribution in [0, 0.1) is 5.92 Å². The van der Waals surface area contributed by atoms with Crippen molar-refractivity contribution in [1.82, 2.24) is 4.90 Å². The van der Waals surface area contributed by atoms with Gasteiger partial charge in [-0.05, 0) is 45.1 Å². The maximum absolute atomic E-state index is 5.79. The van der Waals surface area contributed by atoms with Gasteiger partial charge in [0.2, 0.25) is 0 Å². The lowest BCUT2D eigenvalue weighted by Crippen LogP contribution is -2.50. The maximum Gasteiger partial charge on any atom is 0.0823 e. The number of fused-ring (bicyclic) bond motifs is 1. The SMILES string of the molecule is CCOC(CN)CN1CCCC2CCCCC21. The Hall–Kier alpha value is -0.120. The molecule has 2 rings (SSSR count). The van der Waals surface area contributed by atoms with Crippen molar-refractivity contribution in [2.45, 2.75) is 57.6 Å². The first-order valence-corrected chi connectivity index (χ1v) is 7.40. The van der Waals surface area contributed by atoms with Crippen LogP contribution in [0.4, 0.5) is 0 Å². The largest absolute Gasteiger partial charge is 0.376 e. The van der Waals surface area contributed by atoms with Gasteiger partial charge in [-0.15, -0.1) is 0 Å². The molecular weight excluding hydrogens is 212 g/mol. The molecule has 0 radical (unpaired) electrons. The summed E-state index contributed by atoms with van der Waals surface area (Å²) in [6.45, 7) is 5.80. The zero-order valence-electron chi connectivity index (χ0n) is 11.2. The molecule has 1 aliphatic heterocycles. The molecule has 2 aliphatic rings. The van der Waals surface area contributed by atoms with E-state index < -0.39 is 0 Å². The fourth-order valence-corrected chi connectivity index (χ4v) is 3.65. The van der Waals surface area contributed by atoms with Crippen molar-refractivity contribution in [2.75, 3.05) is 26.2 Å². The molecule has 3 unspecified atom stereocenters. The van der Waals surface area contributed by atoms with Crippen LogP contribution in [0.5, 0.6) is 0 Å². The average molecular weight is 240 g/mol. The summed E-state index contributed by atoms with van der Waals surface area (Å²) >= 11 is 0. The molecule has 0 amide bonds. The first-order valence-electron chi connectivity index (χ1n) is 7.40. The number of nitrogens with zero attached hydrogens (tertiary/aromatic N) is 1. The number of likely N-dealkylation sites (tertiary alicyclic amines) is 1. The molecule has 3 heteroatoms. The van der Waals surface area contributed by atoms with Gasteiger partial charge >= 0.3 is 0 Å². The van der Waals surface area contributed by atoms with Gasteiger partial charge in [0.1, 0.15) is 0 Å². The van der Waals surface area contributed by atoms with Crippen LogP contribution in [0.15, 0.2) is 0 Å². The van der Waals surface area contributed by atoms with E-state index in [4.69, 9.17) is 10.5 Å². The second kappa shape index (κ2) is 6.72. The van der Waals surface area contributed by atoms with Crippen LogP contribution in [0.2, 0.25) is 0 Å². The Morgan fingerprint density at radius 3 is 2.76 bits per heavy atom. The van der Waals surface area contributed by atoms with Crippen molar-refractivity contribution in [1.29, 1.82) is 0 Å². The Balaban J connectivity index is 1.89. The molecule has 2 N–H and O–H groups in total. The summed E-state index contributed by atoms with van der Waals surface area (Å²) in [6, 6.07) is 0.826. The van der Waals surface area contributed by atoms with Gasteiger partial charge in [0, 0.05) is 25.7 Å². The number of hydrogen-bond acceptors (Lipinski definition) is 3. The van der Waals surface area contributed by atoms with E-state index >= 15 is 0 Å². The van der Waals surface area contributed by atoms with Crippen LogP contribution in [-0.2, 0) is 4.74 Å². The van der Waals surface area contributed by atoms with Gasteiger partial charge in [-0.3, -0.25) is 4.90 Å². The predicted molar refractivity (Wildman–Crippen MR) is 71.0 cm³/mol. The number of nitrogens with two attached hydrogens (primary N) is 1. The summed E-state index contributed by atoms with van der Waals surface area (Å²) in [5, 5.41) is 0. The van der Waals surface area contributed by atoms with Gasteiger partial charge in [-0.2, -0.15) is 0 Å². The standard InChI is InChI=1S/C14H28N2O/c1-2-17-13(10-15)11-16-9-5-7-12-6-3-4-8-14(12)16/h12-14H,2-11,15H2,1H3. The molecular formula is C14H28N2O. The first-order chi connectivity index (χ1) is 8.35. The molecule has 0 aromatic heterocycles. The quantitative estimate of drug-likeness (QED) is 0.799. The van der Waals surface area contributed by atoms with Gasteiger partial charge in [0.05, 0.1) is 6.10 Å². The van der Waals surface area contributed by atoms with Crippen LogP contribution < -0.4 is 5.73 Å². The number of piperidine rings is 1. The smallest absolute Gasteiger partial charge is 0.0823 e. The first kappa shape index (κ1) is 13.3. The molecule has 1 saturated carbocycles. The molecule has 0 spiro atoms. The van der Waals surface area contributed by atoms with E-state index in [2.05, 4.69) is 11.8 Å². The summed E-state index contributed by atoms with van der Waals surface area (Å²) in [6.07, 6.45) is 8.76. The molecule has 0 aromatic carbocycles. The van der Waals surface area contributed by atoms with Crippen molar-refractivity contribution in [3.05, 3.63) is 0 Å². The van der Waals surface area contributed by atoms with E-state index in [1.165, 1.54) is 45.1 Å². The lowest BCUT2D eigenvalue weighted by Gasteiger charge is -2.45. The third-order valence-electron chi connectivity index (χ3n) is 4.46. The highest BCUT2D eigenvalue weighted by Crippen LogP contribution is 2.35. The summed E-state index contributed by atoms with van der Waals surface area (Å²) < 4.78 is 5.71. The van der Waals surface area contributed by atoms with Gasteiger partial charge < -0.3 is 10.5 Å². The molecule has 2 fully saturated rings. The van der Waals surface area contributed by atoms with E-state index in [-0.39, 0.29) is 6.10 Å². The Labute approximate surface area is 106 Å². The van der Waals surface area contributed by atoms with Crippen LogP contribution in [0.1, 0.15) is 45.4 Å². The van der Waals surface area contributed by atoms with Crippen molar-refractivity contribution >= 4 is 0 Å². The van der Waals surface area contributed by atoms with E-state index in [1.54, 1.807) is 0 Å². The lowest BCUT2D eigenvalue weighted by atomic mass is 9.78. The fourth-order valence-electron chi connectivity index (χ4n) is 3.65. The minimum absolute atomic E-state index is 0.237. The minimum Gasteiger partial charge on any atom is -0.376 e. The van der Waals surface area contributed by atoms with Crippen molar-refractivity contribution in [3.8, 4) is 0 Å². The van der Waals surface area contributed by atoms with Crippen LogP contribution >= 0.6 is 0 Å². The zero-order valence-corrected chi connectivity index (χ0v) is 11.2. The second-order valence-corrected chi connectivity index (χ2v) is 5.56. The molecule has 3 nitrogen and oxygen atoms in total. The molecule has 3 atom stereocenters. The Morgan fingerprint density at radius 1 is 1.24 bits per heavy atom. The molecule has 1 heterocycles. The van der Waals surface area contributed by atoms with Gasteiger partial charge in [0.25, 0.3) is 0 Å². The highest BCUT2D eigenvalue weighted by Gasteiger charge is 2.33. The molecule has 1 aliphatic carbocycles. The second-order valence-electron chi connectivity index (χ2n) is 5.56. The molecule has 0 bridgehead atoms. The van der Waals surface area contributed by atoms with Gasteiger partial charge in [-0.25, -0.2) is 0 Å². The highest BCUT2D eigenvalue weighted by molar-refractivity contribution is 4.88. The van der Waals surface area contributed by atoms with Crippen molar-refractivity contribution < 1.29 is 4.74 Å². The topological polar surface area (TPSA) is 38.5 Å². The molecule has 17 heavy (non-hydrogen) atoms. The lowest BCUT2D eigenvalue weighted by molar-refractivity contribution is -0.00644. The minimum atomic E-state index is 0.237. The van der Waals surface area contributed by atoms with Crippen LogP contribution in [0.3, 0.4) is 0 Å². The third kappa shape index (κ3) is 3.43. The number of hydrogen-bond donors (Lipinski definition) is 1. The van der Waals surface area contributed by atoms with E-state index in [1.807, 2.05) is 0 Å². The number of rotatable bonds is 5. The van der Waals surface area contributed by atoms with Crippen LogP contribution in [0.25, 0.3) is 0 Å². The van der Waals surface area contributed by atoms with E-state index in [0.29, 0.717) is 6.54 Å². The summed E-state index contributed by atoms with van der Waals surface area (Å²) in [7, 11) is 0. The van der Waals surface area contributed by atoms with E-state index in [9.17, 15) is 0 Å².